The van der Waals surface area contributed by atoms with Crippen molar-refractivity contribution in [2.24, 2.45) is 0 Å². The zero-order chi connectivity index (χ0) is 28.9. The van der Waals surface area contributed by atoms with Gasteiger partial charge in [0, 0.05) is 36.3 Å². The molecular formula is C33H40N2O4. The van der Waals surface area contributed by atoms with Gasteiger partial charge in [0.15, 0.2) is 11.7 Å². The van der Waals surface area contributed by atoms with E-state index in [1.807, 2.05) is 36.1 Å². The predicted octanol–water partition coefficient (Wildman–Crippen LogP) is 7.60. The molecule has 0 radical (unpaired) electrons. The van der Waals surface area contributed by atoms with Gasteiger partial charge in [-0.1, -0.05) is 51.8 Å². The standard InChI is InChI=1S/C21H21NO2.C12H19NO2/c1-6-9-17-16(5)22-20(14(2)3)12-19(17)18-10-7-8-11-21(18)24-15(4)13-23;1-4-7-13(10(3)5-2)12(14)11-6-8-15-9-11/h7-8,10-12,14H,1-5H3;6,8-10H,4-5,7H2,1-3H3. The Balaban J connectivity index is 0.000000306. The molecular weight excluding hydrogens is 488 g/mol. The number of amides is 1. The van der Waals surface area contributed by atoms with Crippen molar-refractivity contribution in [3.05, 3.63) is 77.2 Å². The Hall–Kier alpha value is -4.07. The van der Waals surface area contributed by atoms with Crippen LogP contribution in [0.25, 0.3) is 11.1 Å². The minimum absolute atomic E-state index is 0.0694. The third-order valence-corrected chi connectivity index (χ3v) is 6.26. The molecule has 0 bridgehead atoms. The topological polar surface area (TPSA) is 72.6 Å². The fourth-order valence-electron chi connectivity index (χ4n) is 3.99. The van der Waals surface area contributed by atoms with E-state index in [0.717, 1.165) is 47.5 Å². The van der Waals surface area contributed by atoms with Gasteiger partial charge in [-0.25, -0.2) is 4.79 Å². The van der Waals surface area contributed by atoms with Crippen molar-refractivity contribution in [1.29, 1.82) is 0 Å². The van der Waals surface area contributed by atoms with E-state index in [4.69, 9.17) is 9.15 Å². The number of hydrogen-bond donors (Lipinski definition) is 0. The molecule has 0 saturated heterocycles. The van der Waals surface area contributed by atoms with Gasteiger partial charge in [0.1, 0.15) is 12.0 Å². The van der Waals surface area contributed by atoms with Crippen LogP contribution in [0.1, 0.15) is 94.5 Å². The normalized spacial score (nSPS) is 10.9. The molecule has 0 aliphatic carbocycles. The first-order valence-corrected chi connectivity index (χ1v) is 13.4. The van der Waals surface area contributed by atoms with E-state index in [-0.39, 0.29) is 17.7 Å². The molecule has 2 aromatic heterocycles. The lowest BCUT2D eigenvalue weighted by molar-refractivity contribution is 0.0687. The smallest absolute Gasteiger partial charge is 0.257 e. The molecule has 0 N–H and O–H groups in total. The molecule has 6 heteroatoms. The third kappa shape index (κ3) is 8.46. The summed E-state index contributed by atoms with van der Waals surface area (Å²) in [7, 11) is 0. The van der Waals surface area contributed by atoms with Crippen molar-refractivity contribution in [1.82, 2.24) is 9.88 Å². The molecule has 1 aromatic carbocycles. The van der Waals surface area contributed by atoms with Crippen LogP contribution in [0.2, 0.25) is 0 Å². The molecule has 3 rings (SSSR count). The highest BCUT2D eigenvalue weighted by atomic mass is 16.5. The molecule has 0 saturated carbocycles. The van der Waals surface area contributed by atoms with Crippen molar-refractivity contribution in [2.75, 3.05) is 6.54 Å². The predicted molar refractivity (Wildman–Crippen MR) is 156 cm³/mol. The Morgan fingerprint density at radius 3 is 2.41 bits per heavy atom. The van der Waals surface area contributed by atoms with Crippen molar-refractivity contribution in [3.8, 4) is 28.7 Å². The molecule has 1 amide bonds. The van der Waals surface area contributed by atoms with Crippen LogP contribution in [-0.4, -0.2) is 34.3 Å². The lowest BCUT2D eigenvalue weighted by Gasteiger charge is -2.27. The number of benzene rings is 1. The van der Waals surface area contributed by atoms with Crippen molar-refractivity contribution >= 4 is 11.8 Å². The number of aryl methyl sites for hydroxylation is 1. The van der Waals surface area contributed by atoms with Gasteiger partial charge in [-0.3, -0.25) is 9.78 Å². The first kappa shape index (κ1) is 31.1. The Morgan fingerprint density at radius 1 is 1.13 bits per heavy atom. The Bertz CT molecular complexity index is 1340. The SMILES string of the molecule is CC#Cc1c(-c2ccccc2OC(C)=C=O)cc(C(C)C)nc1C.CCCN(C(=O)c1ccoc1)C(C)CC. The minimum atomic E-state index is 0.0694. The maximum absolute atomic E-state index is 12.1. The molecule has 0 aliphatic heterocycles. The van der Waals surface area contributed by atoms with Gasteiger partial charge >= 0.3 is 0 Å². The second kappa shape index (κ2) is 15.4. The number of nitrogens with zero attached hydrogens (tertiary/aromatic N) is 2. The van der Waals surface area contributed by atoms with Crippen LogP contribution in [0.15, 0.2) is 59.1 Å². The third-order valence-electron chi connectivity index (χ3n) is 6.26. The van der Waals surface area contributed by atoms with Crippen LogP contribution < -0.4 is 4.74 Å². The molecule has 3 aromatic rings. The first-order chi connectivity index (χ1) is 18.7. The molecule has 0 spiro atoms. The number of carbonyl (C=O) groups excluding carboxylic acids is 2. The summed E-state index contributed by atoms with van der Waals surface area (Å²) >= 11 is 0. The number of rotatable bonds is 9. The van der Waals surface area contributed by atoms with Crippen LogP contribution in [0.3, 0.4) is 0 Å². The van der Waals surface area contributed by atoms with Gasteiger partial charge in [0.2, 0.25) is 0 Å². The van der Waals surface area contributed by atoms with E-state index < -0.39 is 0 Å². The number of para-hydroxylation sites is 1. The minimum Gasteiger partial charge on any atom is -0.472 e. The summed E-state index contributed by atoms with van der Waals surface area (Å²) in [6.07, 6.45) is 5.00. The van der Waals surface area contributed by atoms with E-state index >= 15 is 0 Å². The summed E-state index contributed by atoms with van der Waals surface area (Å²) in [5.74, 6) is 9.06. The van der Waals surface area contributed by atoms with Crippen LogP contribution in [0.4, 0.5) is 0 Å². The monoisotopic (exact) mass is 528 g/mol. The molecule has 0 fully saturated rings. The van der Waals surface area contributed by atoms with Crippen LogP contribution in [0.5, 0.6) is 5.75 Å². The molecule has 1 atom stereocenters. The number of ether oxygens (including phenoxy) is 1. The van der Waals surface area contributed by atoms with Gasteiger partial charge in [-0.15, -0.1) is 5.92 Å². The van der Waals surface area contributed by atoms with Crippen molar-refractivity contribution in [2.45, 2.75) is 80.2 Å². The number of furan rings is 1. The van der Waals surface area contributed by atoms with E-state index in [1.165, 1.54) is 12.5 Å². The summed E-state index contributed by atoms with van der Waals surface area (Å²) in [5, 5.41) is 0. The molecule has 1 unspecified atom stereocenters. The van der Waals surface area contributed by atoms with Crippen LogP contribution in [0, 0.1) is 18.8 Å². The molecule has 206 valence electrons. The number of hydrogen-bond acceptors (Lipinski definition) is 5. The highest BCUT2D eigenvalue weighted by Gasteiger charge is 2.20. The zero-order valence-corrected chi connectivity index (χ0v) is 24.4. The lowest BCUT2D eigenvalue weighted by atomic mass is 9.95. The molecule has 6 nitrogen and oxygen atoms in total. The maximum atomic E-state index is 12.1. The first-order valence-electron chi connectivity index (χ1n) is 13.4. The van der Waals surface area contributed by atoms with E-state index in [0.29, 0.717) is 17.2 Å². The Morgan fingerprint density at radius 2 is 1.85 bits per heavy atom. The summed E-state index contributed by atoms with van der Waals surface area (Å²) in [6, 6.07) is 11.7. The van der Waals surface area contributed by atoms with E-state index in [2.05, 4.69) is 57.5 Å². The lowest BCUT2D eigenvalue weighted by Crippen LogP contribution is -2.38. The van der Waals surface area contributed by atoms with Crippen molar-refractivity contribution in [3.63, 3.8) is 0 Å². The van der Waals surface area contributed by atoms with Gasteiger partial charge in [0.05, 0.1) is 23.1 Å². The fraction of sp³-hybridized carbons (Fsp3) is 0.394. The Kier molecular flexibility index (Phi) is 12.3. The zero-order valence-electron chi connectivity index (χ0n) is 24.4. The summed E-state index contributed by atoms with van der Waals surface area (Å²) in [6.45, 7) is 16.6. The van der Waals surface area contributed by atoms with E-state index in [1.54, 1.807) is 25.9 Å². The fourth-order valence-corrected chi connectivity index (χ4v) is 3.99. The average Bonchev–Trinajstić information content (AvgIpc) is 3.48. The van der Waals surface area contributed by atoms with Gasteiger partial charge in [-0.2, -0.15) is 0 Å². The highest BCUT2D eigenvalue weighted by molar-refractivity contribution is 5.94. The summed E-state index contributed by atoms with van der Waals surface area (Å²) in [5.41, 5.74) is 5.27. The number of aromatic nitrogens is 1. The van der Waals surface area contributed by atoms with Crippen LogP contribution >= 0.6 is 0 Å². The molecule has 0 aliphatic rings. The number of carbonyl (C=O) groups is 1. The largest absolute Gasteiger partial charge is 0.472 e. The van der Waals surface area contributed by atoms with Gasteiger partial charge in [-0.05, 0) is 57.7 Å². The summed E-state index contributed by atoms with van der Waals surface area (Å²) in [4.78, 5) is 29.4. The highest BCUT2D eigenvalue weighted by Crippen LogP contribution is 2.35. The number of allylic oxidation sites excluding steroid dienone is 1. The second-order valence-corrected chi connectivity index (χ2v) is 9.61. The Labute approximate surface area is 233 Å². The van der Waals surface area contributed by atoms with Crippen LogP contribution in [-0.2, 0) is 4.79 Å². The summed E-state index contributed by atoms with van der Waals surface area (Å²) < 4.78 is 10.6. The number of pyridine rings is 1. The molecule has 2 heterocycles. The van der Waals surface area contributed by atoms with Gasteiger partial charge < -0.3 is 14.1 Å². The quantitative estimate of drug-likeness (QED) is 0.162. The maximum Gasteiger partial charge on any atom is 0.257 e. The average molecular weight is 529 g/mol. The van der Waals surface area contributed by atoms with Gasteiger partial charge in [0.25, 0.3) is 5.91 Å². The second-order valence-electron chi connectivity index (χ2n) is 9.61. The van der Waals surface area contributed by atoms with Crippen molar-refractivity contribution < 1.29 is 18.7 Å². The molecule has 39 heavy (non-hydrogen) atoms. The van der Waals surface area contributed by atoms with E-state index in [9.17, 15) is 9.59 Å².